The Morgan fingerprint density at radius 1 is 0.935 bits per heavy atom. The average Bonchev–Trinajstić information content (AvgIpc) is 3.39. The molecule has 0 aliphatic rings. The lowest BCUT2D eigenvalue weighted by Crippen LogP contribution is -2.50. The summed E-state index contributed by atoms with van der Waals surface area (Å²) in [6.07, 6.45) is 8.02. The highest BCUT2D eigenvalue weighted by Gasteiger charge is 2.20. The quantitative estimate of drug-likeness (QED) is 0.527. The van der Waals surface area contributed by atoms with Crippen molar-refractivity contribution in [3.63, 3.8) is 0 Å². The number of furan rings is 2. The van der Waals surface area contributed by atoms with Gasteiger partial charge in [0.25, 0.3) is 0 Å². The van der Waals surface area contributed by atoms with Gasteiger partial charge in [-0.15, -0.1) is 0 Å². The van der Waals surface area contributed by atoms with Crippen LogP contribution in [0.15, 0.2) is 57.8 Å². The molecule has 0 aliphatic heterocycles. The number of nitrogens with one attached hydrogen (secondary N) is 3. The van der Waals surface area contributed by atoms with Crippen LogP contribution in [-0.4, -0.2) is 42.6 Å². The summed E-state index contributed by atoms with van der Waals surface area (Å²) in [5, 5.41) is 7.99. The molecule has 2 aromatic rings. The van der Waals surface area contributed by atoms with E-state index in [0.29, 0.717) is 11.5 Å². The van der Waals surface area contributed by atoms with Crippen molar-refractivity contribution in [2.45, 2.75) is 32.4 Å². The lowest BCUT2D eigenvalue weighted by Gasteiger charge is -2.24. The van der Waals surface area contributed by atoms with Gasteiger partial charge in [0.1, 0.15) is 17.1 Å². The van der Waals surface area contributed by atoms with Crippen LogP contribution in [0, 0.1) is 0 Å². The first-order valence-corrected chi connectivity index (χ1v) is 9.69. The lowest BCUT2D eigenvalue weighted by atomic mass is 10.2. The normalized spacial score (nSPS) is 11.7. The molecule has 166 valence electrons. The fourth-order valence-electron chi connectivity index (χ4n) is 2.30. The molecule has 3 amide bonds. The van der Waals surface area contributed by atoms with E-state index in [1.807, 2.05) is 0 Å². The number of carbonyl (C=O) groups excluding carboxylic acids is 3. The van der Waals surface area contributed by atoms with Gasteiger partial charge in [-0.05, 0) is 57.2 Å². The van der Waals surface area contributed by atoms with Gasteiger partial charge >= 0.3 is 6.09 Å². The first-order valence-electron chi connectivity index (χ1n) is 9.69. The number of hydrogen-bond donors (Lipinski definition) is 3. The Kier molecular flexibility index (Phi) is 8.68. The van der Waals surface area contributed by atoms with E-state index < -0.39 is 17.7 Å². The molecule has 2 heterocycles. The summed E-state index contributed by atoms with van der Waals surface area (Å²) in [4.78, 5) is 36.2. The smallest absolute Gasteiger partial charge is 0.407 e. The predicted molar refractivity (Wildman–Crippen MR) is 115 cm³/mol. The molecule has 2 rings (SSSR count). The van der Waals surface area contributed by atoms with Gasteiger partial charge in [0.15, 0.2) is 0 Å². The highest BCUT2D eigenvalue weighted by atomic mass is 16.6. The van der Waals surface area contributed by atoms with Crippen LogP contribution >= 0.6 is 0 Å². The number of rotatable bonds is 9. The molecule has 0 fully saturated rings. The zero-order chi connectivity index (χ0) is 22.7. The van der Waals surface area contributed by atoms with E-state index in [2.05, 4.69) is 16.0 Å². The molecule has 0 aromatic carbocycles. The maximum Gasteiger partial charge on any atom is 0.407 e. The SMILES string of the molecule is CC(C)(C)OC(=O)NC(CNC(=O)/C=C\c1ccco1)CNC(=O)/C=C\c1ccco1. The van der Waals surface area contributed by atoms with Gasteiger partial charge in [0.05, 0.1) is 18.6 Å². The zero-order valence-electron chi connectivity index (χ0n) is 17.7. The molecule has 0 radical (unpaired) electrons. The monoisotopic (exact) mass is 429 g/mol. The Balaban J connectivity index is 1.89. The second-order valence-corrected chi connectivity index (χ2v) is 7.53. The van der Waals surface area contributed by atoms with E-state index in [4.69, 9.17) is 13.6 Å². The molecule has 0 atom stereocenters. The maximum atomic E-state index is 12.1. The van der Waals surface area contributed by atoms with Gasteiger partial charge in [-0.25, -0.2) is 4.79 Å². The molecule has 31 heavy (non-hydrogen) atoms. The molecule has 3 N–H and O–H groups in total. The molecule has 0 aliphatic carbocycles. The minimum atomic E-state index is -0.682. The molecule has 9 heteroatoms. The second-order valence-electron chi connectivity index (χ2n) is 7.53. The minimum Gasteiger partial charge on any atom is -0.465 e. The molecule has 0 unspecified atom stereocenters. The van der Waals surface area contributed by atoms with E-state index in [0.717, 1.165) is 0 Å². The predicted octanol–water partition coefficient (Wildman–Crippen LogP) is 2.72. The van der Waals surface area contributed by atoms with Gasteiger partial charge in [0, 0.05) is 25.2 Å². The minimum absolute atomic E-state index is 0.0722. The summed E-state index contributed by atoms with van der Waals surface area (Å²) >= 11 is 0. The van der Waals surface area contributed by atoms with Crippen LogP contribution in [-0.2, 0) is 14.3 Å². The second kappa shape index (κ2) is 11.4. The Morgan fingerprint density at radius 3 is 1.81 bits per heavy atom. The van der Waals surface area contributed by atoms with E-state index in [-0.39, 0.29) is 24.9 Å². The summed E-state index contributed by atoms with van der Waals surface area (Å²) in [5.41, 5.74) is -0.682. The first-order chi connectivity index (χ1) is 14.7. The molecular formula is C22H27N3O6. The zero-order valence-corrected chi connectivity index (χ0v) is 17.7. The fraction of sp³-hybridized carbons (Fsp3) is 0.318. The van der Waals surface area contributed by atoms with Crippen LogP contribution in [0.25, 0.3) is 12.2 Å². The number of alkyl carbamates (subject to hydrolysis) is 1. The van der Waals surface area contributed by atoms with Crippen molar-refractivity contribution in [2.75, 3.05) is 13.1 Å². The van der Waals surface area contributed by atoms with E-state index in [1.54, 1.807) is 45.0 Å². The van der Waals surface area contributed by atoms with Crippen LogP contribution in [0.2, 0.25) is 0 Å². The van der Waals surface area contributed by atoms with E-state index >= 15 is 0 Å². The standard InChI is InChI=1S/C22H27N3O6/c1-22(2,3)31-21(28)25-16(14-23-19(26)10-8-17-6-4-12-29-17)15-24-20(27)11-9-18-7-5-13-30-18/h4-13,16H,14-15H2,1-3H3,(H,23,26)(H,24,27)(H,25,28)/b10-8-,11-9-. The van der Waals surface area contributed by atoms with Crippen molar-refractivity contribution in [2.24, 2.45) is 0 Å². The average molecular weight is 429 g/mol. The summed E-state index contributed by atoms with van der Waals surface area (Å²) in [7, 11) is 0. The number of ether oxygens (including phenoxy) is 1. The lowest BCUT2D eigenvalue weighted by molar-refractivity contribution is -0.116. The Labute approximate surface area is 180 Å². The largest absolute Gasteiger partial charge is 0.465 e. The topological polar surface area (TPSA) is 123 Å². The van der Waals surface area contributed by atoms with Gasteiger partial charge in [-0.3, -0.25) is 9.59 Å². The van der Waals surface area contributed by atoms with Gasteiger partial charge in [-0.2, -0.15) is 0 Å². The van der Waals surface area contributed by atoms with Crippen molar-refractivity contribution >= 4 is 30.1 Å². The summed E-state index contributed by atoms with van der Waals surface area (Å²) < 4.78 is 15.5. The molecule has 9 nitrogen and oxygen atoms in total. The maximum absolute atomic E-state index is 12.1. The van der Waals surface area contributed by atoms with Crippen molar-refractivity contribution in [3.8, 4) is 0 Å². The molecule has 0 spiro atoms. The molecular weight excluding hydrogens is 402 g/mol. The number of carbonyl (C=O) groups is 3. The highest BCUT2D eigenvalue weighted by Crippen LogP contribution is 2.07. The Morgan fingerprint density at radius 2 is 1.42 bits per heavy atom. The molecule has 0 saturated carbocycles. The van der Waals surface area contributed by atoms with Crippen LogP contribution < -0.4 is 16.0 Å². The van der Waals surface area contributed by atoms with Gasteiger partial charge < -0.3 is 29.5 Å². The first kappa shape index (κ1) is 23.5. The van der Waals surface area contributed by atoms with Crippen LogP contribution in [0.1, 0.15) is 32.3 Å². The van der Waals surface area contributed by atoms with Gasteiger partial charge in [0.2, 0.25) is 11.8 Å². The molecule has 0 bridgehead atoms. The summed E-state index contributed by atoms with van der Waals surface area (Å²) in [6, 6.07) is 6.24. The third-order valence-corrected chi connectivity index (χ3v) is 3.65. The van der Waals surface area contributed by atoms with Crippen LogP contribution in [0.5, 0.6) is 0 Å². The van der Waals surface area contributed by atoms with Crippen molar-refractivity contribution in [1.29, 1.82) is 0 Å². The molecule has 0 saturated heterocycles. The Bertz CT molecular complexity index is 832. The van der Waals surface area contributed by atoms with Crippen molar-refractivity contribution in [3.05, 3.63) is 60.5 Å². The van der Waals surface area contributed by atoms with E-state index in [1.165, 1.54) is 36.8 Å². The van der Waals surface area contributed by atoms with Crippen LogP contribution in [0.3, 0.4) is 0 Å². The number of hydrogen-bond acceptors (Lipinski definition) is 6. The Hall–Kier alpha value is -3.75. The van der Waals surface area contributed by atoms with E-state index in [9.17, 15) is 14.4 Å². The fourth-order valence-corrected chi connectivity index (χ4v) is 2.30. The highest BCUT2D eigenvalue weighted by molar-refractivity contribution is 5.92. The van der Waals surface area contributed by atoms with Crippen molar-refractivity contribution < 1.29 is 28.0 Å². The number of amides is 3. The van der Waals surface area contributed by atoms with Crippen LogP contribution in [0.4, 0.5) is 4.79 Å². The van der Waals surface area contributed by atoms with Crippen molar-refractivity contribution in [1.82, 2.24) is 16.0 Å². The summed E-state index contributed by atoms with van der Waals surface area (Å²) in [5.74, 6) is 0.316. The third kappa shape index (κ3) is 10.0. The molecule has 2 aromatic heterocycles. The third-order valence-electron chi connectivity index (χ3n) is 3.65. The van der Waals surface area contributed by atoms with Gasteiger partial charge in [-0.1, -0.05) is 0 Å². The summed E-state index contributed by atoms with van der Waals surface area (Å²) in [6.45, 7) is 5.36.